The normalized spacial score (nSPS) is 32.3. The number of alkyl halides is 1. The Labute approximate surface area is 181 Å². The maximum Gasteiger partial charge on any atom is 0.229 e. The lowest BCUT2D eigenvalue weighted by Crippen LogP contribution is -2.41. The predicted octanol–water partition coefficient (Wildman–Crippen LogP) is 4.50. The van der Waals surface area contributed by atoms with Gasteiger partial charge in [-0.2, -0.15) is 0 Å². The molecule has 0 spiro atoms. The van der Waals surface area contributed by atoms with E-state index in [0.29, 0.717) is 38.6 Å². The van der Waals surface area contributed by atoms with Crippen LogP contribution in [0.1, 0.15) is 66.8 Å². The highest BCUT2D eigenvalue weighted by Gasteiger charge is 2.61. The smallest absolute Gasteiger partial charge is 0.229 e. The molecule has 5 heteroatoms. The maximum absolute atomic E-state index is 14.8. The van der Waals surface area contributed by atoms with Crippen molar-refractivity contribution in [3.63, 3.8) is 0 Å². The first-order valence-electron chi connectivity index (χ1n) is 11.2. The number of aryl methyl sites for hydroxylation is 1. The molecule has 3 fully saturated rings. The number of benzene rings is 1. The van der Waals surface area contributed by atoms with Crippen LogP contribution >= 0.6 is 0 Å². The van der Waals surface area contributed by atoms with E-state index in [1.165, 1.54) is 5.56 Å². The minimum Gasteiger partial charge on any atom is -0.487 e. The Bertz CT molecular complexity index is 1140. The van der Waals surface area contributed by atoms with Gasteiger partial charge in [0.25, 0.3) is 0 Å². The first-order chi connectivity index (χ1) is 14.9. The van der Waals surface area contributed by atoms with Crippen molar-refractivity contribution in [2.75, 3.05) is 6.54 Å². The minimum atomic E-state index is -1.13. The van der Waals surface area contributed by atoms with Gasteiger partial charge in [-0.05, 0) is 56.7 Å². The summed E-state index contributed by atoms with van der Waals surface area (Å²) in [7, 11) is 0. The second-order valence-electron chi connectivity index (χ2n) is 9.78. The van der Waals surface area contributed by atoms with E-state index in [2.05, 4.69) is 16.8 Å². The Balaban J connectivity index is 1.32. The Morgan fingerprint density at radius 2 is 2.06 bits per heavy atom. The molecule has 2 atom stereocenters. The molecule has 0 radical (unpaired) electrons. The van der Waals surface area contributed by atoms with Gasteiger partial charge in [-0.15, -0.1) is 0 Å². The maximum atomic E-state index is 14.8. The number of rotatable bonds is 1. The van der Waals surface area contributed by atoms with E-state index in [0.717, 1.165) is 28.9 Å². The number of carbonyl (C=O) groups excluding carboxylic acids is 1. The molecule has 6 rings (SSSR count). The molecule has 2 saturated carbocycles. The van der Waals surface area contributed by atoms with Gasteiger partial charge in [0.05, 0.1) is 23.6 Å². The summed E-state index contributed by atoms with van der Waals surface area (Å²) in [4.78, 5) is 20.0. The molecule has 3 heterocycles. The third-order valence-electron chi connectivity index (χ3n) is 7.66. The van der Waals surface area contributed by atoms with Crippen LogP contribution in [0.15, 0.2) is 36.7 Å². The first-order valence-corrected chi connectivity index (χ1v) is 11.2. The predicted molar refractivity (Wildman–Crippen MR) is 114 cm³/mol. The first kappa shape index (κ1) is 18.9. The van der Waals surface area contributed by atoms with Crippen LogP contribution in [-0.2, 0) is 4.79 Å². The molecular formula is C26H25FN2O2. The van der Waals surface area contributed by atoms with Crippen LogP contribution in [-0.4, -0.2) is 34.1 Å². The quantitative estimate of drug-likeness (QED) is 0.643. The summed E-state index contributed by atoms with van der Waals surface area (Å²) in [5.41, 5.74) is 2.16. The minimum absolute atomic E-state index is 0.0438. The molecule has 2 aliphatic heterocycles. The summed E-state index contributed by atoms with van der Waals surface area (Å²) in [5.74, 6) is 7.30. The second kappa shape index (κ2) is 6.56. The monoisotopic (exact) mass is 416 g/mol. The van der Waals surface area contributed by atoms with Gasteiger partial charge in [0.2, 0.25) is 5.91 Å². The topological polar surface area (TPSA) is 42.4 Å². The molecule has 1 saturated heterocycles. The fourth-order valence-corrected chi connectivity index (χ4v) is 6.08. The van der Waals surface area contributed by atoms with Gasteiger partial charge in [0.15, 0.2) is 0 Å². The number of fused-ring (bicyclic) bond motifs is 6. The van der Waals surface area contributed by atoms with E-state index >= 15 is 0 Å². The molecule has 4 bridgehead atoms. The van der Waals surface area contributed by atoms with Crippen LogP contribution in [0.3, 0.4) is 0 Å². The van der Waals surface area contributed by atoms with E-state index in [1.54, 1.807) is 12.4 Å². The van der Waals surface area contributed by atoms with Crippen molar-refractivity contribution in [1.29, 1.82) is 0 Å². The van der Waals surface area contributed by atoms with Crippen molar-refractivity contribution in [3.8, 4) is 17.6 Å². The lowest BCUT2D eigenvalue weighted by Gasteiger charge is -2.33. The zero-order chi connectivity index (χ0) is 21.2. The number of aromatic nitrogens is 1. The summed E-state index contributed by atoms with van der Waals surface area (Å²) in [6.07, 6.45) is 7.05. The molecule has 4 aliphatic rings. The number of hydrogen-bond donors (Lipinski definition) is 0. The van der Waals surface area contributed by atoms with Gasteiger partial charge < -0.3 is 9.64 Å². The molecule has 1 aromatic heterocycles. The van der Waals surface area contributed by atoms with Gasteiger partial charge in [-0.1, -0.05) is 24.0 Å². The number of halogens is 1. The highest BCUT2D eigenvalue weighted by molar-refractivity contribution is 5.85. The molecule has 4 nitrogen and oxygen atoms in total. The van der Waals surface area contributed by atoms with Crippen LogP contribution in [0, 0.1) is 24.2 Å². The van der Waals surface area contributed by atoms with Crippen LogP contribution in [0.25, 0.3) is 0 Å². The number of pyridine rings is 1. The molecule has 1 amide bonds. The molecular weight excluding hydrogens is 391 g/mol. The zero-order valence-electron chi connectivity index (χ0n) is 17.7. The van der Waals surface area contributed by atoms with Crippen molar-refractivity contribution >= 4 is 5.91 Å². The standard InChI is InChI=1S/C26H25FN2O2/c1-17-3-2-4-18(11-17)5-6-19-13-28-14-21-22-12-20(31-23(19)21)15-29(22)24(30)25-7-9-26(27,16-25)10-8-25/h2-4,11,13-14,20,22H,7-10,12,15-16H2,1H3/t20-,22-,25?,26?/m0/s1. The van der Waals surface area contributed by atoms with Crippen LogP contribution in [0.4, 0.5) is 4.39 Å². The highest BCUT2D eigenvalue weighted by Crippen LogP contribution is 2.60. The summed E-state index contributed by atoms with van der Waals surface area (Å²) >= 11 is 0. The van der Waals surface area contributed by atoms with Gasteiger partial charge in [0.1, 0.15) is 17.5 Å². The lowest BCUT2D eigenvalue weighted by molar-refractivity contribution is -0.142. The van der Waals surface area contributed by atoms with E-state index in [9.17, 15) is 9.18 Å². The number of likely N-dealkylation sites (tertiary alicyclic amines) is 1. The molecule has 0 N–H and O–H groups in total. The number of nitrogens with zero attached hydrogens (tertiary/aromatic N) is 2. The van der Waals surface area contributed by atoms with Crippen molar-refractivity contribution in [3.05, 3.63) is 58.9 Å². The third-order valence-corrected chi connectivity index (χ3v) is 7.66. The van der Waals surface area contributed by atoms with Crippen molar-refractivity contribution in [1.82, 2.24) is 9.88 Å². The van der Waals surface area contributed by atoms with Gasteiger partial charge in [0, 0.05) is 29.9 Å². The van der Waals surface area contributed by atoms with Crippen molar-refractivity contribution in [2.45, 2.75) is 63.3 Å². The Hall–Kier alpha value is -2.87. The van der Waals surface area contributed by atoms with Gasteiger partial charge in [-0.25, -0.2) is 4.39 Å². The van der Waals surface area contributed by atoms with Crippen LogP contribution < -0.4 is 4.74 Å². The largest absolute Gasteiger partial charge is 0.487 e. The Kier molecular flexibility index (Phi) is 3.99. The molecule has 31 heavy (non-hydrogen) atoms. The molecule has 2 aliphatic carbocycles. The summed E-state index contributed by atoms with van der Waals surface area (Å²) in [6.45, 7) is 2.61. The lowest BCUT2D eigenvalue weighted by atomic mass is 9.82. The summed E-state index contributed by atoms with van der Waals surface area (Å²) in [6, 6.07) is 8.02. The Morgan fingerprint density at radius 3 is 2.81 bits per heavy atom. The second-order valence-corrected chi connectivity index (χ2v) is 9.78. The number of amides is 1. The average molecular weight is 416 g/mol. The van der Waals surface area contributed by atoms with Crippen molar-refractivity contribution < 1.29 is 13.9 Å². The van der Waals surface area contributed by atoms with Crippen molar-refractivity contribution in [2.24, 2.45) is 5.41 Å². The number of carbonyl (C=O) groups is 1. The fraction of sp³-hybridized carbons (Fsp3) is 0.462. The Morgan fingerprint density at radius 1 is 1.23 bits per heavy atom. The SMILES string of the molecule is Cc1cccc(C#Cc2cncc3c2O[C@H]2C[C@@H]3N(C(=O)C34CCC(F)(CC3)C4)C2)c1. The van der Waals surface area contributed by atoms with Crippen LogP contribution in [0.2, 0.25) is 0 Å². The van der Waals surface area contributed by atoms with Crippen LogP contribution in [0.5, 0.6) is 5.75 Å². The zero-order valence-corrected chi connectivity index (χ0v) is 17.7. The highest BCUT2D eigenvalue weighted by atomic mass is 19.1. The number of hydrogen-bond acceptors (Lipinski definition) is 3. The molecule has 1 aromatic carbocycles. The summed E-state index contributed by atoms with van der Waals surface area (Å²) < 4.78 is 21.1. The fourth-order valence-electron chi connectivity index (χ4n) is 6.08. The average Bonchev–Trinajstić information content (AvgIpc) is 3.41. The number of ether oxygens (including phenoxy) is 1. The van der Waals surface area contributed by atoms with E-state index < -0.39 is 11.1 Å². The summed E-state index contributed by atoms with van der Waals surface area (Å²) in [5, 5.41) is 0. The molecule has 0 unspecified atom stereocenters. The van der Waals surface area contributed by atoms with Gasteiger partial charge in [-0.3, -0.25) is 9.78 Å². The van der Waals surface area contributed by atoms with E-state index in [1.807, 2.05) is 36.1 Å². The van der Waals surface area contributed by atoms with E-state index in [4.69, 9.17) is 4.74 Å². The van der Waals surface area contributed by atoms with Gasteiger partial charge >= 0.3 is 0 Å². The molecule has 158 valence electrons. The third kappa shape index (κ3) is 2.96. The van der Waals surface area contributed by atoms with E-state index in [-0.39, 0.29) is 18.1 Å². The molecule has 2 aromatic rings.